The van der Waals surface area contributed by atoms with Gasteiger partial charge >= 0.3 is 0 Å². The van der Waals surface area contributed by atoms with Crippen molar-refractivity contribution in [3.05, 3.63) is 65.3 Å². The fourth-order valence-corrected chi connectivity index (χ4v) is 4.26. The number of rotatable bonds is 6. The van der Waals surface area contributed by atoms with Gasteiger partial charge in [0, 0.05) is 12.0 Å². The maximum atomic E-state index is 6.06. The van der Waals surface area contributed by atoms with E-state index in [-0.39, 0.29) is 5.41 Å². The molecule has 0 aliphatic heterocycles. The second kappa shape index (κ2) is 6.02. The lowest BCUT2D eigenvalue weighted by atomic mass is 9.73. The van der Waals surface area contributed by atoms with Crippen LogP contribution in [0.5, 0.6) is 0 Å². The Morgan fingerprint density at radius 2 is 1.95 bits per heavy atom. The van der Waals surface area contributed by atoms with Crippen LogP contribution in [0.2, 0.25) is 19.6 Å². The fraction of sp³-hybridized carbons (Fsp3) is 0.400. The first-order valence-electron chi connectivity index (χ1n) is 8.31. The van der Waals surface area contributed by atoms with E-state index in [2.05, 4.69) is 74.3 Å². The molecule has 2 aliphatic rings. The minimum absolute atomic E-state index is 0.0619. The second-order valence-corrected chi connectivity index (χ2v) is 11.8. The highest BCUT2D eigenvalue weighted by Gasteiger charge is 2.37. The molecule has 0 aromatic heterocycles. The molecule has 0 spiro atoms. The van der Waals surface area contributed by atoms with Gasteiger partial charge in [0.15, 0.2) is 8.32 Å². The molecule has 1 aromatic rings. The smallest absolute Gasteiger partial charge is 0.183 e. The summed E-state index contributed by atoms with van der Waals surface area (Å²) >= 11 is 0. The minimum atomic E-state index is -1.41. The van der Waals surface area contributed by atoms with Gasteiger partial charge in [-0.05, 0) is 55.6 Å². The number of benzene rings is 1. The summed E-state index contributed by atoms with van der Waals surface area (Å²) in [4.78, 5) is 0. The summed E-state index contributed by atoms with van der Waals surface area (Å²) in [5.41, 5.74) is 4.35. The lowest BCUT2D eigenvalue weighted by Gasteiger charge is -2.31. The summed E-state index contributed by atoms with van der Waals surface area (Å²) in [6, 6.07) is 8.82. The molecule has 0 heterocycles. The van der Waals surface area contributed by atoms with Crippen LogP contribution in [0.4, 0.5) is 0 Å². The predicted octanol–water partition coefficient (Wildman–Crippen LogP) is 5.47. The van der Waals surface area contributed by atoms with Crippen LogP contribution in [0.25, 0.3) is 6.08 Å². The molecule has 0 amide bonds. The molecule has 3 rings (SSSR count). The Labute approximate surface area is 135 Å². The first kappa shape index (κ1) is 15.5. The van der Waals surface area contributed by atoms with Crippen LogP contribution in [0.1, 0.15) is 30.4 Å². The molecule has 0 bridgehead atoms. The van der Waals surface area contributed by atoms with Crippen LogP contribution in [-0.2, 0) is 9.84 Å². The zero-order valence-electron chi connectivity index (χ0n) is 13.9. The summed E-state index contributed by atoms with van der Waals surface area (Å²) < 4.78 is 6.06. The highest BCUT2D eigenvalue weighted by atomic mass is 28.4. The normalized spacial score (nSPS) is 23.0. The molecule has 2 aliphatic carbocycles. The predicted molar refractivity (Wildman–Crippen MR) is 97.5 cm³/mol. The highest BCUT2D eigenvalue weighted by Crippen LogP contribution is 2.46. The first-order chi connectivity index (χ1) is 10.5. The number of hydrogen-bond donors (Lipinski definition) is 0. The third-order valence-corrected chi connectivity index (χ3v) is 5.60. The number of allylic oxidation sites excluding steroid dienone is 5. The summed E-state index contributed by atoms with van der Waals surface area (Å²) in [5.74, 6) is 0. The van der Waals surface area contributed by atoms with Gasteiger partial charge in [-0.2, -0.15) is 0 Å². The zero-order valence-corrected chi connectivity index (χ0v) is 14.9. The largest absolute Gasteiger partial charge is 0.418 e. The minimum Gasteiger partial charge on any atom is -0.418 e. The molecular weight excluding hydrogens is 284 g/mol. The van der Waals surface area contributed by atoms with Gasteiger partial charge in [0.2, 0.25) is 0 Å². The Morgan fingerprint density at radius 3 is 2.68 bits per heavy atom. The third-order valence-electron chi connectivity index (χ3n) is 4.53. The monoisotopic (exact) mass is 310 g/mol. The lowest BCUT2D eigenvalue weighted by Crippen LogP contribution is -2.28. The average Bonchev–Trinajstić information content (AvgIpc) is 3.11. The Balaban J connectivity index is 1.81. The maximum Gasteiger partial charge on any atom is 0.183 e. The molecule has 1 atom stereocenters. The Bertz CT molecular complexity index is 633. The van der Waals surface area contributed by atoms with Crippen molar-refractivity contribution >= 4 is 14.4 Å². The number of hydrogen-bond acceptors (Lipinski definition) is 1. The van der Waals surface area contributed by atoms with Crippen molar-refractivity contribution in [2.24, 2.45) is 0 Å². The van der Waals surface area contributed by atoms with Crippen LogP contribution in [-0.4, -0.2) is 14.9 Å². The fourth-order valence-electron chi connectivity index (χ4n) is 3.50. The van der Waals surface area contributed by atoms with Crippen molar-refractivity contribution in [1.29, 1.82) is 0 Å². The van der Waals surface area contributed by atoms with Crippen LogP contribution < -0.4 is 0 Å². The molecule has 0 saturated carbocycles. The van der Waals surface area contributed by atoms with Crippen LogP contribution in [0, 0.1) is 0 Å². The van der Waals surface area contributed by atoms with Crippen molar-refractivity contribution in [1.82, 2.24) is 0 Å². The van der Waals surface area contributed by atoms with Gasteiger partial charge < -0.3 is 4.43 Å². The molecule has 0 N–H and O–H groups in total. The standard InChI is InChI=1S/C20H26OSi/c1-22(2,3)21-16-8-14-20(18-10-5-6-11-18)15-13-17-9-4-7-12-19(17)20/h4-5,7,9-13,15H,6,8,14,16H2,1-3H3. The van der Waals surface area contributed by atoms with E-state index < -0.39 is 8.32 Å². The maximum absolute atomic E-state index is 6.06. The average molecular weight is 311 g/mol. The van der Waals surface area contributed by atoms with Crippen molar-refractivity contribution in [3.63, 3.8) is 0 Å². The van der Waals surface area contributed by atoms with Crippen molar-refractivity contribution < 1.29 is 4.43 Å². The van der Waals surface area contributed by atoms with E-state index in [1.165, 1.54) is 16.7 Å². The topological polar surface area (TPSA) is 9.23 Å². The Kier molecular flexibility index (Phi) is 4.24. The van der Waals surface area contributed by atoms with Gasteiger partial charge in [0.05, 0.1) is 0 Å². The molecule has 116 valence electrons. The van der Waals surface area contributed by atoms with Gasteiger partial charge in [-0.25, -0.2) is 0 Å². The molecule has 1 aromatic carbocycles. The van der Waals surface area contributed by atoms with Gasteiger partial charge in [-0.1, -0.05) is 54.6 Å². The summed E-state index contributed by atoms with van der Waals surface area (Å²) in [7, 11) is -1.41. The summed E-state index contributed by atoms with van der Waals surface area (Å²) in [6.07, 6.45) is 15.0. The van der Waals surface area contributed by atoms with Gasteiger partial charge in [0.25, 0.3) is 0 Å². The molecule has 0 radical (unpaired) electrons. The zero-order chi connectivity index (χ0) is 15.6. The van der Waals surface area contributed by atoms with Gasteiger partial charge in [-0.15, -0.1) is 0 Å². The Morgan fingerprint density at radius 1 is 1.14 bits per heavy atom. The van der Waals surface area contributed by atoms with E-state index in [4.69, 9.17) is 4.43 Å². The van der Waals surface area contributed by atoms with E-state index in [0.717, 1.165) is 25.9 Å². The molecule has 22 heavy (non-hydrogen) atoms. The first-order valence-corrected chi connectivity index (χ1v) is 11.7. The quantitative estimate of drug-likeness (QED) is 0.500. The molecule has 0 saturated heterocycles. The van der Waals surface area contributed by atoms with Gasteiger partial charge in [0.1, 0.15) is 0 Å². The molecule has 2 heteroatoms. The van der Waals surface area contributed by atoms with E-state index in [1.54, 1.807) is 0 Å². The number of fused-ring (bicyclic) bond motifs is 1. The third kappa shape index (κ3) is 3.04. The van der Waals surface area contributed by atoms with Crippen LogP contribution in [0.3, 0.4) is 0 Å². The molecule has 1 unspecified atom stereocenters. The highest BCUT2D eigenvalue weighted by molar-refractivity contribution is 6.69. The summed E-state index contributed by atoms with van der Waals surface area (Å²) in [6.45, 7) is 7.66. The SMILES string of the molecule is C[Si](C)(C)OCCCC1(C2=CCC=C2)C=Cc2ccccc21. The van der Waals surface area contributed by atoms with Crippen molar-refractivity contribution in [2.45, 2.75) is 44.3 Å². The van der Waals surface area contributed by atoms with Crippen molar-refractivity contribution in [2.75, 3.05) is 6.61 Å². The van der Waals surface area contributed by atoms with E-state index in [1.807, 2.05) is 0 Å². The van der Waals surface area contributed by atoms with E-state index in [0.29, 0.717) is 0 Å². The Hall–Kier alpha value is -1.38. The summed E-state index contributed by atoms with van der Waals surface area (Å²) in [5, 5.41) is 0. The van der Waals surface area contributed by atoms with Crippen LogP contribution in [0.15, 0.2) is 54.1 Å². The molecule has 1 nitrogen and oxygen atoms in total. The molecular formula is C20H26OSi. The van der Waals surface area contributed by atoms with Crippen LogP contribution >= 0.6 is 0 Å². The van der Waals surface area contributed by atoms with Gasteiger partial charge in [-0.3, -0.25) is 0 Å². The molecule has 0 fully saturated rings. The lowest BCUT2D eigenvalue weighted by molar-refractivity contribution is 0.292. The van der Waals surface area contributed by atoms with E-state index >= 15 is 0 Å². The van der Waals surface area contributed by atoms with E-state index in [9.17, 15) is 0 Å². The second-order valence-electron chi connectivity index (χ2n) is 7.25. The van der Waals surface area contributed by atoms with Crippen molar-refractivity contribution in [3.8, 4) is 0 Å².